The molecule has 0 saturated carbocycles. The lowest BCUT2D eigenvalue weighted by atomic mass is 9.83. The van der Waals surface area contributed by atoms with Gasteiger partial charge in [-0.2, -0.15) is 0 Å². The maximum atomic E-state index is 13.3. The van der Waals surface area contributed by atoms with Gasteiger partial charge < -0.3 is 10.0 Å². The molecule has 1 aliphatic rings. The van der Waals surface area contributed by atoms with Gasteiger partial charge in [0.1, 0.15) is 5.52 Å². The molecule has 3 aromatic carbocycles. The van der Waals surface area contributed by atoms with Crippen LogP contribution < -0.4 is 0 Å². The van der Waals surface area contributed by atoms with E-state index in [2.05, 4.69) is 16.4 Å². The molecule has 0 fully saturated rings. The zero-order chi connectivity index (χ0) is 26.3. The van der Waals surface area contributed by atoms with Crippen molar-refractivity contribution >= 4 is 46.1 Å². The number of benzene rings is 3. The van der Waals surface area contributed by atoms with Crippen LogP contribution in [-0.2, 0) is 24.3 Å². The second kappa shape index (κ2) is 10.1. The van der Waals surface area contributed by atoms with Gasteiger partial charge in [-0.05, 0) is 72.4 Å². The van der Waals surface area contributed by atoms with E-state index in [-0.39, 0.29) is 18.2 Å². The first-order valence-electron chi connectivity index (χ1n) is 12.2. The van der Waals surface area contributed by atoms with Crippen LogP contribution in [0.25, 0.3) is 11.0 Å². The number of aliphatic carboxylic acids is 1. The fourth-order valence-electron chi connectivity index (χ4n) is 5.17. The van der Waals surface area contributed by atoms with E-state index in [4.69, 9.17) is 23.2 Å². The summed E-state index contributed by atoms with van der Waals surface area (Å²) in [6.45, 7) is 5.65. The van der Waals surface area contributed by atoms with Crippen LogP contribution in [0, 0.1) is 6.92 Å². The average molecular weight is 537 g/mol. The SMILES string of the molecule is CCn1nnc2c(C)c(C(CC(=O)O)c3ccc4c(c3)CN(C(=O)c3cc(Cl)ccc3Cl)CC4)ccc21. The van der Waals surface area contributed by atoms with Crippen molar-refractivity contribution in [1.29, 1.82) is 0 Å². The number of nitrogens with zero attached hydrogens (tertiary/aromatic N) is 4. The molecule has 1 aliphatic heterocycles. The Balaban J connectivity index is 1.50. The Morgan fingerprint density at radius 1 is 1.08 bits per heavy atom. The molecule has 0 radical (unpaired) electrons. The molecule has 1 amide bonds. The zero-order valence-electron chi connectivity index (χ0n) is 20.5. The number of carbonyl (C=O) groups excluding carboxylic acids is 1. The highest BCUT2D eigenvalue weighted by atomic mass is 35.5. The van der Waals surface area contributed by atoms with Gasteiger partial charge >= 0.3 is 5.97 Å². The van der Waals surface area contributed by atoms with Gasteiger partial charge in [-0.3, -0.25) is 9.59 Å². The molecular formula is C28H26Cl2N4O3. The van der Waals surface area contributed by atoms with Crippen molar-refractivity contribution < 1.29 is 14.7 Å². The Morgan fingerprint density at radius 2 is 1.89 bits per heavy atom. The van der Waals surface area contributed by atoms with Crippen molar-refractivity contribution in [3.05, 3.63) is 92.0 Å². The van der Waals surface area contributed by atoms with E-state index in [0.717, 1.165) is 38.9 Å². The van der Waals surface area contributed by atoms with E-state index in [1.165, 1.54) is 0 Å². The van der Waals surface area contributed by atoms with Gasteiger partial charge in [0.25, 0.3) is 5.91 Å². The van der Waals surface area contributed by atoms with Crippen LogP contribution in [-0.4, -0.2) is 43.4 Å². The maximum absolute atomic E-state index is 13.3. The summed E-state index contributed by atoms with van der Waals surface area (Å²) >= 11 is 12.4. The number of amides is 1. The third-order valence-corrected chi connectivity index (χ3v) is 7.69. The van der Waals surface area contributed by atoms with Gasteiger partial charge in [0.05, 0.1) is 22.5 Å². The average Bonchev–Trinajstić information content (AvgIpc) is 3.32. The van der Waals surface area contributed by atoms with Crippen LogP contribution in [0.5, 0.6) is 0 Å². The minimum Gasteiger partial charge on any atom is -0.481 e. The third-order valence-electron chi connectivity index (χ3n) is 7.13. The van der Waals surface area contributed by atoms with Gasteiger partial charge in [-0.15, -0.1) is 5.10 Å². The first-order chi connectivity index (χ1) is 17.8. The third kappa shape index (κ3) is 4.81. The zero-order valence-corrected chi connectivity index (χ0v) is 22.1. The smallest absolute Gasteiger partial charge is 0.304 e. The lowest BCUT2D eigenvalue weighted by molar-refractivity contribution is -0.137. The second-order valence-electron chi connectivity index (χ2n) is 9.33. The van der Waals surface area contributed by atoms with Gasteiger partial charge in [0, 0.05) is 30.6 Å². The van der Waals surface area contributed by atoms with Crippen LogP contribution in [0.2, 0.25) is 10.0 Å². The monoisotopic (exact) mass is 536 g/mol. The quantitative estimate of drug-likeness (QED) is 0.332. The van der Waals surface area contributed by atoms with Crippen LogP contribution in [0.1, 0.15) is 57.4 Å². The molecule has 37 heavy (non-hydrogen) atoms. The molecular weight excluding hydrogens is 511 g/mol. The Bertz CT molecular complexity index is 1530. The molecule has 1 aromatic heterocycles. The van der Waals surface area contributed by atoms with Crippen molar-refractivity contribution in [3.63, 3.8) is 0 Å². The summed E-state index contributed by atoms with van der Waals surface area (Å²) in [5.41, 5.74) is 6.96. The molecule has 0 aliphatic carbocycles. The minimum atomic E-state index is -0.883. The van der Waals surface area contributed by atoms with E-state index in [1.54, 1.807) is 23.1 Å². The Morgan fingerprint density at radius 3 is 2.65 bits per heavy atom. The minimum absolute atomic E-state index is 0.0617. The fraction of sp³-hybridized carbons (Fsp3) is 0.286. The maximum Gasteiger partial charge on any atom is 0.304 e. The fourth-order valence-corrected chi connectivity index (χ4v) is 5.55. The summed E-state index contributed by atoms with van der Waals surface area (Å²) < 4.78 is 1.83. The molecule has 7 nitrogen and oxygen atoms in total. The standard InChI is InChI=1S/C28H26Cl2N4O3/c1-3-34-25-9-7-21(16(2)27(25)31-32-34)22(14-26(35)36)18-5-4-17-10-11-33(15-19(17)12-18)28(37)23-13-20(29)6-8-24(23)30/h4-9,12-13,22H,3,10-11,14-15H2,1-2H3,(H,35,36). The Hall–Kier alpha value is -3.42. The first kappa shape index (κ1) is 25.2. The van der Waals surface area contributed by atoms with E-state index < -0.39 is 5.97 Å². The van der Waals surface area contributed by atoms with E-state index in [0.29, 0.717) is 41.7 Å². The summed E-state index contributed by atoms with van der Waals surface area (Å²) in [4.78, 5) is 26.9. The highest BCUT2D eigenvalue weighted by Crippen LogP contribution is 2.35. The summed E-state index contributed by atoms with van der Waals surface area (Å²) in [6, 6.07) is 14.9. The predicted molar refractivity (Wildman–Crippen MR) is 143 cm³/mol. The number of aromatic nitrogens is 3. The lowest BCUT2D eigenvalue weighted by Gasteiger charge is -2.30. The normalized spacial score (nSPS) is 14.0. The molecule has 1 N–H and O–H groups in total. The summed E-state index contributed by atoms with van der Waals surface area (Å²) in [5.74, 6) is -1.43. The number of carbonyl (C=O) groups is 2. The van der Waals surface area contributed by atoms with Crippen LogP contribution >= 0.6 is 23.2 Å². The van der Waals surface area contributed by atoms with Gasteiger partial charge in [-0.25, -0.2) is 4.68 Å². The van der Waals surface area contributed by atoms with Gasteiger partial charge in [-0.1, -0.05) is 52.7 Å². The largest absolute Gasteiger partial charge is 0.481 e. The van der Waals surface area contributed by atoms with Crippen molar-refractivity contribution in [2.45, 2.75) is 45.7 Å². The molecule has 2 heterocycles. The Kier molecular flexibility index (Phi) is 6.92. The van der Waals surface area contributed by atoms with Crippen molar-refractivity contribution in [2.24, 2.45) is 0 Å². The van der Waals surface area contributed by atoms with Crippen LogP contribution in [0.3, 0.4) is 0 Å². The number of carboxylic acid groups (broad SMARTS) is 1. The number of rotatable bonds is 6. The molecule has 0 spiro atoms. The summed E-state index contributed by atoms with van der Waals surface area (Å²) in [5, 5.41) is 19.2. The molecule has 0 bridgehead atoms. The second-order valence-corrected chi connectivity index (χ2v) is 10.2. The molecule has 1 atom stereocenters. The summed E-state index contributed by atoms with van der Waals surface area (Å²) in [6.07, 6.45) is 0.641. The molecule has 9 heteroatoms. The highest BCUT2D eigenvalue weighted by molar-refractivity contribution is 6.35. The molecule has 4 aromatic rings. The first-order valence-corrected chi connectivity index (χ1v) is 12.9. The molecule has 190 valence electrons. The number of aryl methyl sites for hydroxylation is 2. The number of hydrogen-bond acceptors (Lipinski definition) is 4. The number of hydrogen-bond donors (Lipinski definition) is 1. The number of fused-ring (bicyclic) bond motifs is 2. The van der Waals surface area contributed by atoms with Crippen molar-refractivity contribution in [2.75, 3.05) is 6.54 Å². The van der Waals surface area contributed by atoms with Crippen molar-refractivity contribution in [1.82, 2.24) is 19.9 Å². The molecule has 5 rings (SSSR count). The van der Waals surface area contributed by atoms with E-state index in [9.17, 15) is 14.7 Å². The van der Waals surface area contributed by atoms with E-state index in [1.807, 2.05) is 42.8 Å². The van der Waals surface area contributed by atoms with Gasteiger partial charge in [0.15, 0.2) is 0 Å². The Labute approximate surface area is 224 Å². The van der Waals surface area contributed by atoms with Gasteiger partial charge in [0.2, 0.25) is 0 Å². The topological polar surface area (TPSA) is 88.3 Å². The molecule has 0 saturated heterocycles. The van der Waals surface area contributed by atoms with Crippen LogP contribution in [0.4, 0.5) is 0 Å². The van der Waals surface area contributed by atoms with Crippen molar-refractivity contribution in [3.8, 4) is 0 Å². The van der Waals surface area contributed by atoms with Crippen LogP contribution in [0.15, 0.2) is 48.5 Å². The lowest BCUT2D eigenvalue weighted by Crippen LogP contribution is -2.36. The molecule has 1 unspecified atom stereocenters. The predicted octanol–water partition coefficient (Wildman–Crippen LogP) is 5.87. The number of carboxylic acids is 1. The van der Waals surface area contributed by atoms with E-state index >= 15 is 0 Å². The highest BCUT2D eigenvalue weighted by Gasteiger charge is 2.27. The summed E-state index contributed by atoms with van der Waals surface area (Å²) in [7, 11) is 0. The number of halogens is 2.